The molecule has 2 heteroatoms. The maximum Gasteiger partial charge on any atom is 0.0216 e. The van der Waals surface area contributed by atoms with Crippen molar-refractivity contribution >= 4 is 31.9 Å². The quantitative estimate of drug-likeness (QED) is 0.224. The molecular formula is C28H38Br2. The maximum atomic E-state index is 3.78. The van der Waals surface area contributed by atoms with Gasteiger partial charge < -0.3 is 0 Å². The summed E-state index contributed by atoms with van der Waals surface area (Å²) in [6, 6.07) is 14.0. The molecule has 0 spiro atoms. The van der Waals surface area contributed by atoms with E-state index in [0.29, 0.717) is 0 Å². The van der Waals surface area contributed by atoms with E-state index in [1.807, 2.05) is 0 Å². The van der Waals surface area contributed by atoms with Crippen molar-refractivity contribution in [3.8, 4) is 11.1 Å². The van der Waals surface area contributed by atoms with Gasteiger partial charge in [0, 0.05) is 14.4 Å². The standard InChI is InChI=1S/C28H38Br2/c1-3-5-7-9-11-13-19-28(18-12-10-8-6-4-2)26-20-22(29)14-16-24(26)25-17-15-23(30)21-27(25)28/h14-17,20-21H,3-13,18-19H2,1-2H3. The van der Waals surface area contributed by atoms with E-state index in [1.54, 1.807) is 11.1 Å². The number of halogens is 2. The summed E-state index contributed by atoms with van der Waals surface area (Å²) in [7, 11) is 0. The Labute approximate surface area is 201 Å². The third kappa shape index (κ3) is 5.60. The SMILES string of the molecule is CCCCCCCCC1(CCCCCCC)c2cc(Br)ccc2-c2ccc(Br)cc21. The van der Waals surface area contributed by atoms with Gasteiger partial charge in [0.15, 0.2) is 0 Å². The summed E-state index contributed by atoms with van der Waals surface area (Å²) in [5, 5.41) is 0. The van der Waals surface area contributed by atoms with E-state index in [1.165, 1.54) is 104 Å². The molecule has 0 saturated carbocycles. The highest BCUT2D eigenvalue weighted by Gasteiger charge is 2.42. The first kappa shape index (κ1) is 24.1. The summed E-state index contributed by atoms with van der Waals surface area (Å²) in [5.41, 5.74) is 6.22. The summed E-state index contributed by atoms with van der Waals surface area (Å²) in [5.74, 6) is 0. The predicted octanol–water partition coefficient (Wildman–Crippen LogP) is 10.6. The van der Waals surface area contributed by atoms with Gasteiger partial charge in [0.05, 0.1) is 0 Å². The van der Waals surface area contributed by atoms with E-state index < -0.39 is 0 Å². The summed E-state index contributed by atoms with van der Waals surface area (Å²) in [6.07, 6.45) is 17.5. The fourth-order valence-corrected chi connectivity index (χ4v) is 6.06. The third-order valence-corrected chi connectivity index (χ3v) is 7.94. The Balaban J connectivity index is 1.89. The van der Waals surface area contributed by atoms with Crippen LogP contribution in [0, 0.1) is 0 Å². The zero-order chi connectivity index (χ0) is 21.4. The molecule has 0 atom stereocenters. The van der Waals surface area contributed by atoms with Crippen molar-refractivity contribution in [2.45, 2.75) is 103 Å². The monoisotopic (exact) mass is 532 g/mol. The molecule has 0 aliphatic heterocycles. The highest BCUT2D eigenvalue weighted by molar-refractivity contribution is 9.10. The Morgan fingerprint density at radius 1 is 0.567 bits per heavy atom. The largest absolute Gasteiger partial charge is 0.0654 e. The molecule has 0 aromatic heterocycles. The molecule has 3 rings (SSSR count). The number of fused-ring (bicyclic) bond motifs is 3. The van der Waals surface area contributed by atoms with Crippen LogP contribution in [0.2, 0.25) is 0 Å². The minimum Gasteiger partial charge on any atom is -0.0654 e. The van der Waals surface area contributed by atoms with Crippen LogP contribution in [-0.2, 0) is 5.41 Å². The van der Waals surface area contributed by atoms with Crippen molar-refractivity contribution in [2.75, 3.05) is 0 Å². The van der Waals surface area contributed by atoms with E-state index in [9.17, 15) is 0 Å². The van der Waals surface area contributed by atoms with E-state index in [2.05, 4.69) is 82.1 Å². The van der Waals surface area contributed by atoms with Gasteiger partial charge in [-0.25, -0.2) is 0 Å². The van der Waals surface area contributed by atoms with Crippen molar-refractivity contribution in [3.05, 3.63) is 56.5 Å². The second kappa shape index (κ2) is 11.9. The molecule has 0 nitrogen and oxygen atoms in total. The number of hydrogen-bond donors (Lipinski definition) is 0. The van der Waals surface area contributed by atoms with Crippen molar-refractivity contribution in [2.24, 2.45) is 0 Å². The Hall–Kier alpha value is -0.600. The molecule has 30 heavy (non-hydrogen) atoms. The van der Waals surface area contributed by atoms with Crippen molar-refractivity contribution in [1.29, 1.82) is 0 Å². The average molecular weight is 534 g/mol. The second-order valence-corrected chi connectivity index (χ2v) is 11.0. The lowest BCUT2D eigenvalue weighted by Gasteiger charge is -2.33. The first-order valence-corrected chi connectivity index (χ1v) is 13.8. The van der Waals surface area contributed by atoms with E-state index >= 15 is 0 Å². The van der Waals surface area contributed by atoms with Crippen LogP contribution in [0.1, 0.15) is 108 Å². The van der Waals surface area contributed by atoms with Crippen LogP contribution in [0.3, 0.4) is 0 Å². The Morgan fingerprint density at radius 2 is 0.967 bits per heavy atom. The fourth-order valence-electron chi connectivity index (χ4n) is 5.34. The van der Waals surface area contributed by atoms with Crippen molar-refractivity contribution in [1.82, 2.24) is 0 Å². The van der Waals surface area contributed by atoms with Gasteiger partial charge in [0.1, 0.15) is 0 Å². The van der Waals surface area contributed by atoms with Crippen LogP contribution in [0.5, 0.6) is 0 Å². The van der Waals surface area contributed by atoms with E-state index in [4.69, 9.17) is 0 Å². The molecule has 164 valence electrons. The molecule has 0 N–H and O–H groups in total. The molecule has 0 saturated heterocycles. The van der Waals surface area contributed by atoms with Crippen LogP contribution in [-0.4, -0.2) is 0 Å². The van der Waals surface area contributed by atoms with Gasteiger partial charge in [-0.1, -0.05) is 128 Å². The van der Waals surface area contributed by atoms with Crippen LogP contribution < -0.4 is 0 Å². The Kier molecular flexibility index (Phi) is 9.51. The van der Waals surface area contributed by atoms with E-state index in [-0.39, 0.29) is 5.41 Å². The molecule has 0 fully saturated rings. The van der Waals surface area contributed by atoms with Gasteiger partial charge in [-0.15, -0.1) is 0 Å². The maximum absolute atomic E-state index is 3.78. The predicted molar refractivity (Wildman–Crippen MR) is 139 cm³/mol. The molecule has 0 heterocycles. The zero-order valence-electron chi connectivity index (χ0n) is 18.9. The summed E-state index contributed by atoms with van der Waals surface area (Å²) >= 11 is 7.56. The molecule has 0 amide bonds. The molecule has 2 aromatic rings. The lowest BCUT2D eigenvalue weighted by atomic mass is 9.70. The average Bonchev–Trinajstić information content (AvgIpc) is 2.99. The molecule has 2 aromatic carbocycles. The summed E-state index contributed by atoms with van der Waals surface area (Å²) in [4.78, 5) is 0. The lowest BCUT2D eigenvalue weighted by Crippen LogP contribution is -2.25. The first-order chi connectivity index (χ1) is 14.6. The fraction of sp³-hybridized carbons (Fsp3) is 0.571. The van der Waals surface area contributed by atoms with Crippen LogP contribution in [0.25, 0.3) is 11.1 Å². The van der Waals surface area contributed by atoms with E-state index in [0.717, 1.165) is 0 Å². The van der Waals surface area contributed by atoms with Gasteiger partial charge in [-0.3, -0.25) is 0 Å². The number of hydrogen-bond acceptors (Lipinski definition) is 0. The Bertz CT molecular complexity index is 757. The highest BCUT2D eigenvalue weighted by Crippen LogP contribution is 2.55. The van der Waals surface area contributed by atoms with Crippen LogP contribution >= 0.6 is 31.9 Å². The lowest BCUT2D eigenvalue weighted by molar-refractivity contribution is 0.398. The smallest absolute Gasteiger partial charge is 0.0216 e. The first-order valence-electron chi connectivity index (χ1n) is 12.2. The van der Waals surface area contributed by atoms with Gasteiger partial charge in [0.2, 0.25) is 0 Å². The molecular weight excluding hydrogens is 496 g/mol. The van der Waals surface area contributed by atoms with Crippen molar-refractivity contribution in [3.63, 3.8) is 0 Å². The zero-order valence-corrected chi connectivity index (χ0v) is 22.1. The van der Waals surface area contributed by atoms with Crippen LogP contribution in [0.4, 0.5) is 0 Å². The normalized spacial score (nSPS) is 14.0. The van der Waals surface area contributed by atoms with Gasteiger partial charge in [-0.2, -0.15) is 0 Å². The topological polar surface area (TPSA) is 0 Å². The van der Waals surface area contributed by atoms with Gasteiger partial charge in [-0.05, 0) is 59.4 Å². The van der Waals surface area contributed by atoms with Gasteiger partial charge in [0.25, 0.3) is 0 Å². The highest BCUT2D eigenvalue weighted by atomic mass is 79.9. The second-order valence-electron chi connectivity index (χ2n) is 9.14. The molecule has 1 aliphatic rings. The number of benzene rings is 2. The minimum absolute atomic E-state index is 0.176. The minimum atomic E-state index is 0.176. The third-order valence-electron chi connectivity index (χ3n) is 6.95. The van der Waals surface area contributed by atoms with Crippen molar-refractivity contribution < 1.29 is 0 Å². The van der Waals surface area contributed by atoms with Gasteiger partial charge >= 0.3 is 0 Å². The number of rotatable bonds is 13. The molecule has 0 unspecified atom stereocenters. The summed E-state index contributed by atoms with van der Waals surface area (Å²) < 4.78 is 2.43. The van der Waals surface area contributed by atoms with Crippen LogP contribution in [0.15, 0.2) is 45.3 Å². The molecule has 1 aliphatic carbocycles. The molecule has 0 bridgehead atoms. The molecule has 0 radical (unpaired) electrons. The summed E-state index contributed by atoms with van der Waals surface area (Å²) in [6.45, 7) is 4.61. The number of unbranched alkanes of at least 4 members (excludes halogenated alkanes) is 9. The Morgan fingerprint density at radius 3 is 1.40 bits per heavy atom.